The summed E-state index contributed by atoms with van der Waals surface area (Å²) < 4.78 is 15.5. The summed E-state index contributed by atoms with van der Waals surface area (Å²) in [6, 6.07) is 5.00. The zero-order valence-electron chi connectivity index (χ0n) is 9.27. The fraction of sp³-hybridized carbons (Fsp3) is 0.111. The maximum atomic E-state index is 10.9. The highest BCUT2D eigenvalue weighted by Crippen LogP contribution is 2.42. The van der Waals surface area contributed by atoms with Gasteiger partial charge in [0.1, 0.15) is 11.4 Å². The Hall–Kier alpha value is -1.34. The van der Waals surface area contributed by atoms with Crippen LogP contribution in [-0.4, -0.2) is 31.5 Å². The molecule has 9 heteroatoms. The summed E-state index contributed by atoms with van der Waals surface area (Å²) in [6.45, 7) is 0. The Morgan fingerprint density at radius 3 is 2.78 bits per heavy atom. The number of aromatic amines is 1. The van der Waals surface area contributed by atoms with Crippen molar-refractivity contribution in [3.8, 4) is 17.0 Å². The lowest BCUT2D eigenvalue weighted by atomic mass is 10.1. The molecule has 0 spiro atoms. The van der Waals surface area contributed by atoms with Crippen LogP contribution in [0.15, 0.2) is 29.3 Å². The Kier molecular flexibility index (Phi) is 3.72. The largest absolute Gasteiger partial charge is 0.524 e. The van der Waals surface area contributed by atoms with E-state index in [2.05, 4.69) is 19.9 Å². The van der Waals surface area contributed by atoms with Gasteiger partial charge in [0.2, 0.25) is 0 Å². The van der Waals surface area contributed by atoms with Crippen LogP contribution in [0.4, 0.5) is 0 Å². The first-order chi connectivity index (χ1) is 8.49. The van der Waals surface area contributed by atoms with E-state index in [1.807, 2.05) is 0 Å². The minimum absolute atomic E-state index is 0.122. The van der Waals surface area contributed by atoms with Crippen molar-refractivity contribution in [1.82, 2.24) is 15.4 Å². The van der Waals surface area contributed by atoms with Crippen LogP contribution in [0.25, 0.3) is 11.3 Å². The predicted molar refractivity (Wildman–Crippen MR) is 66.3 cm³/mol. The van der Waals surface area contributed by atoms with Crippen molar-refractivity contribution < 1.29 is 18.9 Å². The maximum Gasteiger partial charge on any atom is 0.524 e. The van der Waals surface area contributed by atoms with Gasteiger partial charge in [-0.25, -0.2) is 4.57 Å². The highest BCUT2D eigenvalue weighted by atomic mass is 32.2. The SMILES string of the molecule is CSc1ccc(-c2cn[nH]n2)cc1OP(=O)(O)O. The fourth-order valence-corrected chi connectivity index (χ4v) is 2.35. The molecule has 2 aromatic rings. The summed E-state index contributed by atoms with van der Waals surface area (Å²) in [7, 11) is -4.58. The Balaban J connectivity index is 2.42. The number of thioether (sulfide) groups is 1. The van der Waals surface area contributed by atoms with E-state index in [-0.39, 0.29) is 5.75 Å². The molecule has 1 heterocycles. The first-order valence-electron chi connectivity index (χ1n) is 4.79. The summed E-state index contributed by atoms with van der Waals surface area (Å²) in [5.74, 6) is 0.122. The van der Waals surface area contributed by atoms with Crippen molar-refractivity contribution in [3.05, 3.63) is 24.4 Å². The molecule has 96 valence electrons. The van der Waals surface area contributed by atoms with Crippen molar-refractivity contribution in [2.45, 2.75) is 4.90 Å². The number of H-pyrrole nitrogens is 1. The van der Waals surface area contributed by atoms with E-state index in [0.29, 0.717) is 16.2 Å². The van der Waals surface area contributed by atoms with E-state index in [0.717, 1.165) is 0 Å². The van der Waals surface area contributed by atoms with Crippen LogP contribution in [-0.2, 0) is 4.57 Å². The monoisotopic (exact) mass is 287 g/mol. The molecule has 0 saturated carbocycles. The average Bonchev–Trinajstić information content (AvgIpc) is 2.80. The smallest absolute Gasteiger partial charge is 0.403 e. The van der Waals surface area contributed by atoms with E-state index in [4.69, 9.17) is 9.79 Å². The quantitative estimate of drug-likeness (QED) is 0.579. The highest BCUT2D eigenvalue weighted by Gasteiger charge is 2.19. The standard InChI is InChI=1S/C9H10N3O4PS/c1-18-9-3-2-6(7-5-10-12-11-7)4-8(9)16-17(13,14)15/h2-5H,1H3,(H,10,11,12)(H2,13,14,15). The summed E-state index contributed by atoms with van der Waals surface area (Å²) in [5.41, 5.74) is 1.23. The molecule has 1 aromatic carbocycles. The van der Waals surface area contributed by atoms with Crippen molar-refractivity contribution in [2.24, 2.45) is 0 Å². The fourth-order valence-electron chi connectivity index (χ4n) is 1.38. The second-order valence-electron chi connectivity index (χ2n) is 3.30. The van der Waals surface area contributed by atoms with Crippen LogP contribution in [0.1, 0.15) is 0 Å². The van der Waals surface area contributed by atoms with Crippen LogP contribution in [0.2, 0.25) is 0 Å². The van der Waals surface area contributed by atoms with Gasteiger partial charge in [-0.05, 0) is 18.4 Å². The van der Waals surface area contributed by atoms with Crippen LogP contribution in [0.3, 0.4) is 0 Å². The molecule has 0 aliphatic heterocycles. The molecule has 18 heavy (non-hydrogen) atoms. The number of rotatable bonds is 4. The molecule has 0 fully saturated rings. The molecular formula is C9H10N3O4PS. The minimum atomic E-state index is -4.58. The normalized spacial score (nSPS) is 11.5. The molecule has 0 unspecified atom stereocenters. The summed E-state index contributed by atoms with van der Waals surface area (Å²) in [4.78, 5) is 18.3. The van der Waals surface area contributed by atoms with Crippen molar-refractivity contribution in [2.75, 3.05) is 6.26 Å². The van der Waals surface area contributed by atoms with E-state index in [9.17, 15) is 4.57 Å². The van der Waals surface area contributed by atoms with Gasteiger partial charge in [0.05, 0.1) is 6.20 Å². The Labute approximate surface area is 107 Å². The second-order valence-corrected chi connectivity index (χ2v) is 5.31. The van der Waals surface area contributed by atoms with E-state index in [1.54, 1.807) is 18.4 Å². The van der Waals surface area contributed by atoms with Gasteiger partial charge in [-0.3, -0.25) is 9.79 Å². The molecule has 1 aromatic heterocycles. The number of nitrogens with one attached hydrogen (secondary N) is 1. The van der Waals surface area contributed by atoms with Crippen LogP contribution < -0.4 is 4.52 Å². The van der Waals surface area contributed by atoms with Crippen LogP contribution in [0, 0.1) is 0 Å². The Bertz CT molecular complexity index is 584. The third kappa shape index (κ3) is 3.11. The number of hydrogen-bond donors (Lipinski definition) is 3. The third-order valence-corrected chi connectivity index (χ3v) is 3.30. The molecule has 0 saturated heterocycles. The van der Waals surface area contributed by atoms with Gasteiger partial charge >= 0.3 is 7.82 Å². The second kappa shape index (κ2) is 5.11. The maximum absolute atomic E-state index is 10.9. The van der Waals surface area contributed by atoms with Gasteiger partial charge < -0.3 is 4.52 Å². The lowest BCUT2D eigenvalue weighted by Crippen LogP contribution is -1.92. The number of hydrogen-bond acceptors (Lipinski definition) is 5. The number of phosphoric acid groups is 1. The summed E-state index contributed by atoms with van der Waals surface area (Å²) in [6.07, 6.45) is 3.30. The molecule has 0 bridgehead atoms. The molecule has 7 nitrogen and oxygen atoms in total. The molecule has 2 rings (SSSR count). The van der Waals surface area contributed by atoms with Gasteiger partial charge in [0.25, 0.3) is 0 Å². The number of phosphoric ester groups is 1. The van der Waals surface area contributed by atoms with E-state index < -0.39 is 7.82 Å². The Morgan fingerprint density at radius 1 is 1.44 bits per heavy atom. The lowest BCUT2D eigenvalue weighted by molar-refractivity contribution is 0.281. The first kappa shape index (κ1) is 13.1. The summed E-state index contributed by atoms with van der Waals surface area (Å²) >= 11 is 1.33. The average molecular weight is 287 g/mol. The van der Waals surface area contributed by atoms with Gasteiger partial charge in [0, 0.05) is 10.5 Å². The summed E-state index contributed by atoms with van der Waals surface area (Å²) in [5, 5.41) is 10.0. The van der Waals surface area contributed by atoms with Gasteiger partial charge in [-0.1, -0.05) is 6.07 Å². The molecule has 3 N–H and O–H groups in total. The first-order valence-corrected chi connectivity index (χ1v) is 7.54. The molecule has 0 aliphatic rings. The molecule has 0 amide bonds. The Morgan fingerprint density at radius 2 is 2.22 bits per heavy atom. The zero-order valence-corrected chi connectivity index (χ0v) is 11.0. The van der Waals surface area contributed by atoms with Gasteiger partial charge in [-0.2, -0.15) is 15.4 Å². The topological polar surface area (TPSA) is 108 Å². The highest BCUT2D eigenvalue weighted by molar-refractivity contribution is 7.98. The van der Waals surface area contributed by atoms with Crippen LogP contribution >= 0.6 is 19.6 Å². The van der Waals surface area contributed by atoms with Crippen molar-refractivity contribution in [3.63, 3.8) is 0 Å². The van der Waals surface area contributed by atoms with Crippen molar-refractivity contribution >= 4 is 19.6 Å². The lowest BCUT2D eigenvalue weighted by Gasteiger charge is -2.11. The van der Waals surface area contributed by atoms with E-state index >= 15 is 0 Å². The van der Waals surface area contributed by atoms with Gasteiger partial charge in [-0.15, -0.1) is 11.8 Å². The third-order valence-electron chi connectivity index (χ3n) is 2.09. The number of aromatic nitrogens is 3. The predicted octanol–water partition coefficient (Wildman–Crippen LogP) is 1.67. The number of nitrogens with zero attached hydrogens (tertiary/aromatic N) is 2. The van der Waals surface area contributed by atoms with E-state index in [1.165, 1.54) is 24.0 Å². The van der Waals surface area contributed by atoms with Crippen LogP contribution in [0.5, 0.6) is 5.75 Å². The van der Waals surface area contributed by atoms with Gasteiger partial charge in [0.15, 0.2) is 0 Å². The minimum Gasteiger partial charge on any atom is -0.403 e. The molecular weight excluding hydrogens is 277 g/mol. The molecule has 0 atom stereocenters. The zero-order chi connectivity index (χ0) is 13.2. The molecule has 0 radical (unpaired) electrons. The molecule has 0 aliphatic carbocycles. The van der Waals surface area contributed by atoms with Crippen molar-refractivity contribution in [1.29, 1.82) is 0 Å². The number of benzene rings is 1.